The lowest BCUT2D eigenvalue weighted by Crippen LogP contribution is -2.43. The van der Waals surface area contributed by atoms with Crippen LogP contribution in [0.25, 0.3) is 11.1 Å². The molecule has 128 valence electrons. The first-order valence-corrected chi connectivity index (χ1v) is 9.29. The SMILES string of the molecule is O=C(Nc1ccc2c(c1)Cc1ccccc1-2)N1CCN2CCC1CC2. The Bertz CT molecular complexity index is 824. The minimum atomic E-state index is 0.0595. The van der Waals surface area contributed by atoms with Gasteiger partial charge in [-0.1, -0.05) is 30.3 Å². The monoisotopic (exact) mass is 333 g/mol. The number of benzene rings is 2. The molecule has 6 rings (SSSR count). The van der Waals surface area contributed by atoms with Crippen LogP contribution in [0.2, 0.25) is 0 Å². The molecule has 3 heterocycles. The van der Waals surface area contributed by atoms with Crippen molar-refractivity contribution in [2.45, 2.75) is 25.3 Å². The van der Waals surface area contributed by atoms with Gasteiger partial charge in [0.1, 0.15) is 0 Å². The minimum Gasteiger partial charge on any atom is -0.320 e. The quantitative estimate of drug-likeness (QED) is 0.739. The summed E-state index contributed by atoms with van der Waals surface area (Å²) in [6, 6.07) is 15.4. The van der Waals surface area contributed by atoms with Crippen molar-refractivity contribution < 1.29 is 4.79 Å². The van der Waals surface area contributed by atoms with Crippen molar-refractivity contribution in [2.24, 2.45) is 0 Å². The molecule has 0 saturated carbocycles. The summed E-state index contributed by atoms with van der Waals surface area (Å²) in [7, 11) is 0. The van der Waals surface area contributed by atoms with Crippen LogP contribution in [0.4, 0.5) is 10.5 Å². The van der Waals surface area contributed by atoms with Crippen molar-refractivity contribution in [1.29, 1.82) is 0 Å². The van der Waals surface area contributed by atoms with Crippen LogP contribution in [0.3, 0.4) is 0 Å². The molecule has 3 aliphatic heterocycles. The lowest BCUT2D eigenvalue weighted by Gasteiger charge is -2.31. The third kappa shape index (κ3) is 2.61. The molecule has 3 fully saturated rings. The number of hydrogen-bond acceptors (Lipinski definition) is 2. The Morgan fingerprint density at radius 2 is 1.72 bits per heavy atom. The third-order valence-corrected chi connectivity index (χ3v) is 5.96. The summed E-state index contributed by atoms with van der Waals surface area (Å²) in [5.74, 6) is 0. The molecule has 4 nitrogen and oxygen atoms in total. The first-order valence-electron chi connectivity index (χ1n) is 9.29. The molecule has 0 radical (unpaired) electrons. The Kier molecular flexibility index (Phi) is 3.52. The van der Waals surface area contributed by atoms with E-state index in [1.807, 2.05) is 6.07 Å². The minimum absolute atomic E-state index is 0.0595. The van der Waals surface area contributed by atoms with Crippen molar-refractivity contribution >= 4 is 11.7 Å². The first kappa shape index (κ1) is 15.0. The molecule has 0 unspecified atom stereocenters. The predicted octanol–water partition coefficient (Wildman–Crippen LogP) is 3.57. The summed E-state index contributed by atoms with van der Waals surface area (Å²) in [6.45, 7) is 4.10. The fourth-order valence-corrected chi connectivity index (χ4v) is 4.57. The van der Waals surface area contributed by atoms with Crippen LogP contribution in [0.15, 0.2) is 42.5 Å². The lowest BCUT2D eigenvalue weighted by molar-refractivity contribution is 0.182. The predicted molar refractivity (Wildman–Crippen MR) is 99.9 cm³/mol. The molecule has 1 aliphatic carbocycles. The van der Waals surface area contributed by atoms with Crippen LogP contribution in [-0.2, 0) is 6.42 Å². The number of piperidine rings is 1. The molecular weight excluding hydrogens is 310 g/mol. The first-order chi connectivity index (χ1) is 12.3. The number of anilines is 1. The van der Waals surface area contributed by atoms with E-state index >= 15 is 0 Å². The summed E-state index contributed by atoms with van der Waals surface area (Å²) < 4.78 is 0. The van der Waals surface area contributed by atoms with Gasteiger partial charge in [-0.15, -0.1) is 0 Å². The zero-order valence-corrected chi connectivity index (χ0v) is 14.4. The largest absolute Gasteiger partial charge is 0.322 e. The van der Waals surface area contributed by atoms with Crippen LogP contribution in [0.5, 0.6) is 0 Å². The van der Waals surface area contributed by atoms with E-state index in [1.165, 1.54) is 22.3 Å². The zero-order chi connectivity index (χ0) is 16.8. The maximum Gasteiger partial charge on any atom is 0.322 e. The number of carbonyl (C=O) groups excluding carboxylic acids is 1. The summed E-state index contributed by atoms with van der Waals surface area (Å²) in [5, 5.41) is 3.15. The van der Waals surface area contributed by atoms with E-state index in [0.717, 1.165) is 51.1 Å². The number of rotatable bonds is 1. The van der Waals surface area contributed by atoms with Crippen molar-refractivity contribution in [3.63, 3.8) is 0 Å². The highest BCUT2D eigenvalue weighted by atomic mass is 16.2. The number of urea groups is 1. The summed E-state index contributed by atoms with van der Waals surface area (Å²) in [5.41, 5.74) is 6.22. The van der Waals surface area contributed by atoms with Crippen LogP contribution >= 0.6 is 0 Å². The Morgan fingerprint density at radius 3 is 2.60 bits per heavy atom. The van der Waals surface area contributed by atoms with Crippen LogP contribution in [0, 0.1) is 0 Å². The van der Waals surface area contributed by atoms with E-state index in [4.69, 9.17) is 0 Å². The van der Waals surface area contributed by atoms with Gasteiger partial charge in [0, 0.05) is 37.9 Å². The Labute approximate surface area is 148 Å². The van der Waals surface area contributed by atoms with E-state index in [9.17, 15) is 4.79 Å². The fraction of sp³-hybridized carbons (Fsp3) is 0.381. The Hall–Kier alpha value is -2.33. The third-order valence-electron chi connectivity index (χ3n) is 5.96. The molecule has 2 bridgehead atoms. The normalized spacial score (nSPS) is 23.8. The standard InChI is InChI=1S/C21H23N3O/c25-21(24-12-11-23-9-7-18(24)8-10-23)22-17-5-6-20-16(14-17)13-15-3-1-2-4-19(15)20/h1-6,14,18H,7-13H2,(H,22,25). The van der Waals surface area contributed by atoms with E-state index in [-0.39, 0.29) is 6.03 Å². The lowest BCUT2D eigenvalue weighted by atomic mass is 10.1. The van der Waals surface area contributed by atoms with Gasteiger partial charge in [0.2, 0.25) is 0 Å². The van der Waals surface area contributed by atoms with Gasteiger partial charge in [-0.2, -0.15) is 0 Å². The molecule has 0 aromatic heterocycles. The van der Waals surface area contributed by atoms with Gasteiger partial charge < -0.3 is 15.1 Å². The second kappa shape index (κ2) is 5.88. The highest BCUT2D eigenvalue weighted by molar-refractivity contribution is 5.91. The molecule has 4 aliphatic rings. The van der Waals surface area contributed by atoms with Crippen LogP contribution in [0.1, 0.15) is 24.0 Å². The van der Waals surface area contributed by atoms with Gasteiger partial charge in [0.25, 0.3) is 0 Å². The smallest absolute Gasteiger partial charge is 0.320 e. The summed E-state index contributed by atoms with van der Waals surface area (Å²) >= 11 is 0. The fourth-order valence-electron chi connectivity index (χ4n) is 4.57. The van der Waals surface area contributed by atoms with Crippen LogP contribution < -0.4 is 5.32 Å². The van der Waals surface area contributed by atoms with E-state index in [2.05, 4.69) is 51.5 Å². The van der Waals surface area contributed by atoms with Crippen molar-refractivity contribution in [1.82, 2.24) is 9.80 Å². The van der Waals surface area contributed by atoms with Crippen molar-refractivity contribution in [2.75, 3.05) is 31.5 Å². The second-order valence-electron chi connectivity index (χ2n) is 7.40. The van der Waals surface area contributed by atoms with Gasteiger partial charge in [-0.3, -0.25) is 0 Å². The van der Waals surface area contributed by atoms with Gasteiger partial charge in [-0.05, 0) is 53.6 Å². The van der Waals surface area contributed by atoms with E-state index < -0.39 is 0 Å². The molecule has 4 heteroatoms. The molecular formula is C21H23N3O. The van der Waals surface area contributed by atoms with Gasteiger partial charge >= 0.3 is 6.03 Å². The van der Waals surface area contributed by atoms with E-state index in [0.29, 0.717) is 6.04 Å². The average Bonchev–Trinajstić information content (AvgIpc) is 2.77. The highest BCUT2D eigenvalue weighted by Gasteiger charge is 2.32. The Morgan fingerprint density at radius 1 is 0.920 bits per heavy atom. The van der Waals surface area contributed by atoms with Crippen molar-refractivity contribution in [3.8, 4) is 11.1 Å². The molecule has 2 aromatic carbocycles. The number of fused-ring (bicyclic) bond motifs is 7. The Balaban J connectivity index is 1.35. The maximum atomic E-state index is 12.8. The van der Waals surface area contributed by atoms with Gasteiger partial charge in [-0.25, -0.2) is 4.79 Å². The number of carbonyl (C=O) groups is 1. The molecule has 2 aromatic rings. The maximum absolute atomic E-state index is 12.8. The van der Waals surface area contributed by atoms with Gasteiger partial charge in [0.05, 0.1) is 0 Å². The zero-order valence-electron chi connectivity index (χ0n) is 14.4. The number of hydrogen-bond donors (Lipinski definition) is 1. The number of nitrogens with zero attached hydrogens (tertiary/aromatic N) is 2. The second-order valence-corrected chi connectivity index (χ2v) is 7.40. The molecule has 1 N–H and O–H groups in total. The molecule has 0 atom stereocenters. The topological polar surface area (TPSA) is 35.6 Å². The van der Waals surface area contributed by atoms with E-state index in [1.54, 1.807) is 0 Å². The summed E-state index contributed by atoms with van der Waals surface area (Å²) in [4.78, 5) is 17.3. The average molecular weight is 333 g/mol. The van der Waals surface area contributed by atoms with Gasteiger partial charge in [0.15, 0.2) is 0 Å². The molecule has 25 heavy (non-hydrogen) atoms. The number of nitrogens with one attached hydrogen (secondary N) is 1. The summed E-state index contributed by atoms with van der Waals surface area (Å²) in [6.07, 6.45) is 3.16. The molecule has 3 saturated heterocycles. The highest BCUT2D eigenvalue weighted by Crippen LogP contribution is 2.37. The number of amides is 2. The molecule has 2 amide bonds. The molecule has 0 spiro atoms. The van der Waals surface area contributed by atoms with Crippen LogP contribution in [-0.4, -0.2) is 48.1 Å². The van der Waals surface area contributed by atoms with Crippen molar-refractivity contribution in [3.05, 3.63) is 53.6 Å².